The molecule has 1 aromatic carbocycles. The topological polar surface area (TPSA) is 15.3 Å². The Kier molecular flexibility index (Phi) is 6.25. The molecule has 2 unspecified atom stereocenters. The molecule has 0 amide bonds. The van der Waals surface area contributed by atoms with E-state index in [2.05, 4.69) is 61.3 Å². The molecule has 2 atom stereocenters. The summed E-state index contributed by atoms with van der Waals surface area (Å²) in [5.41, 5.74) is 1.75. The molecule has 2 heteroatoms. The number of nitrogens with one attached hydrogen (secondary N) is 1. The number of rotatable bonds is 8. The zero-order valence-corrected chi connectivity index (χ0v) is 14.1. The van der Waals surface area contributed by atoms with E-state index in [0.717, 1.165) is 6.54 Å². The Balaban J connectivity index is 2.04. The largest absolute Gasteiger partial charge is 0.312 e. The highest BCUT2D eigenvalue weighted by Crippen LogP contribution is 2.30. The van der Waals surface area contributed by atoms with Gasteiger partial charge in [0.15, 0.2) is 0 Å². The van der Waals surface area contributed by atoms with E-state index in [0.29, 0.717) is 11.6 Å². The SMILES string of the molecule is CCNC(CCc1ccccc1)C(C)(CC)N1CCCC1. The molecule has 1 aromatic rings. The fourth-order valence-corrected chi connectivity index (χ4v) is 3.75. The minimum atomic E-state index is 0.293. The highest BCUT2D eigenvalue weighted by molar-refractivity contribution is 5.15. The van der Waals surface area contributed by atoms with Crippen molar-refractivity contribution in [1.29, 1.82) is 0 Å². The van der Waals surface area contributed by atoms with E-state index < -0.39 is 0 Å². The second-order valence-electron chi connectivity index (χ2n) is 6.54. The van der Waals surface area contributed by atoms with Crippen LogP contribution in [0.1, 0.15) is 52.0 Å². The van der Waals surface area contributed by atoms with Gasteiger partial charge in [-0.05, 0) is 64.2 Å². The number of aryl methyl sites for hydroxylation is 1. The molecule has 1 N–H and O–H groups in total. The van der Waals surface area contributed by atoms with Gasteiger partial charge in [-0.2, -0.15) is 0 Å². The zero-order valence-electron chi connectivity index (χ0n) is 14.1. The average Bonchev–Trinajstić information content (AvgIpc) is 3.06. The lowest BCUT2D eigenvalue weighted by atomic mass is 9.84. The van der Waals surface area contributed by atoms with Crippen molar-refractivity contribution in [3.8, 4) is 0 Å². The van der Waals surface area contributed by atoms with E-state index >= 15 is 0 Å². The normalized spacial score (nSPS) is 20.3. The lowest BCUT2D eigenvalue weighted by Crippen LogP contribution is -2.58. The summed E-state index contributed by atoms with van der Waals surface area (Å²) in [6.07, 6.45) is 6.35. The van der Waals surface area contributed by atoms with Crippen LogP contribution < -0.4 is 5.32 Å². The van der Waals surface area contributed by atoms with E-state index in [-0.39, 0.29) is 0 Å². The Labute approximate surface area is 130 Å². The smallest absolute Gasteiger partial charge is 0.0331 e. The number of hydrogen-bond donors (Lipinski definition) is 1. The lowest BCUT2D eigenvalue weighted by Gasteiger charge is -2.45. The van der Waals surface area contributed by atoms with Crippen molar-refractivity contribution < 1.29 is 0 Å². The van der Waals surface area contributed by atoms with Gasteiger partial charge in [0.2, 0.25) is 0 Å². The second-order valence-corrected chi connectivity index (χ2v) is 6.54. The van der Waals surface area contributed by atoms with Crippen LogP contribution >= 0.6 is 0 Å². The van der Waals surface area contributed by atoms with Gasteiger partial charge < -0.3 is 5.32 Å². The van der Waals surface area contributed by atoms with Crippen molar-refractivity contribution in [3.05, 3.63) is 35.9 Å². The monoisotopic (exact) mass is 288 g/mol. The summed E-state index contributed by atoms with van der Waals surface area (Å²) in [6.45, 7) is 10.7. The van der Waals surface area contributed by atoms with Crippen molar-refractivity contribution in [1.82, 2.24) is 10.2 Å². The predicted octanol–water partition coefficient (Wildman–Crippen LogP) is 3.86. The maximum Gasteiger partial charge on any atom is 0.0331 e. The van der Waals surface area contributed by atoms with Crippen LogP contribution in [0.25, 0.3) is 0 Å². The molecule has 1 aliphatic rings. The molecule has 0 bridgehead atoms. The van der Waals surface area contributed by atoms with Gasteiger partial charge in [-0.1, -0.05) is 44.2 Å². The third-order valence-corrected chi connectivity index (χ3v) is 5.31. The van der Waals surface area contributed by atoms with Gasteiger partial charge in [-0.3, -0.25) is 4.90 Å². The third kappa shape index (κ3) is 4.08. The second kappa shape index (κ2) is 7.95. The van der Waals surface area contributed by atoms with Crippen LogP contribution in [0.5, 0.6) is 0 Å². The summed E-state index contributed by atoms with van der Waals surface area (Å²) in [6, 6.07) is 11.5. The van der Waals surface area contributed by atoms with Gasteiger partial charge in [0, 0.05) is 11.6 Å². The highest BCUT2D eigenvalue weighted by Gasteiger charge is 2.38. The van der Waals surface area contributed by atoms with Crippen LogP contribution in [0, 0.1) is 0 Å². The zero-order chi connectivity index (χ0) is 15.1. The molecule has 0 aliphatic carbocycles. The summed E-state index contributed by atoms with van der Waals surface area (Å²) in [4.78, 5) is 2.73. The van der Waals surface area contributed by atoms with Gasteiger partial charge in [-0.15, -0.1) is 0 Å². The van der Waals surface area contributed by atoms with E-state index in [1.54, 1.807) is 0 Å². The summed E-state index contributed by atoms with van der Waals surface area (Å²) in [5, 5.41) is 3.78. The van der Waals surface area contributed by atoms with E-state index in [9.17, 15) is 0 Å². The minimum absolute atomic E-state index is 0.293. The number of hydrogen-bond acceptors (Lipinski definition) is 2. The lowest BCUT2D eigenvalue weighted by molar-refractivity contribution is 0.0811. The van der Waals surface area contributed by atoms with Crippen molar-refractivity contribution in [2.24, 2.45) is 0 Å². The summed E-state index contributed by atoms with van der Waals surface area (Å²) in [5.74, 6) is 0. The molecule has 1 saturated heterocycles. The van der Waals surface area contributed by atoms with E-state index in [1.165, 1.54) is 50.8 Å². The molecular weight excluding hydrogens is 256 g/mol. The van der Waals surface area contributed by atoms with E-state index in [4.69, 9.17) is 0 Å². The van der Waals surface area contributed by atoms with Crippen LogP contribution in [0.3, 0.4) is 0 Å². The quantitative estimate of drug-likeness (QED) is 0.781. The molecule has 2 rings (SSSR count). The summed E-state index contributed by atoms with van der Waals surface area (Å²) >= 11 is 0. The fraction of sp³-hybridized carbons (Fsp3) is 0.684. The van der Waals surface area contributed by atoms with Crippen molar-refractivity contribution in [2.45, 2.75) is 64.5 Å². The van der Waals surface area contributed by atoms with Crippen LogP contribution in [-0.2, 0) is 6.42 Å². The van der Waals surface area contributed by atoms with Gasteiger partial charge in [-0.25, -0.2) is 0 Å². The molecule has 2 nitrogen and oxygen atoms in total. The first-order valence-corrected chi connectivity index (χ1v) is 8.73. The number of likely N-dealkylation sites (N-methyl/N-ethyl adjacent to an activating group) is 1. The maximum atomic E-state index is 3.78. The fourth-order valence-electron chi connectivity index (χ4n) is 3.75. The number of likely N-dealkylation sites (tertiary alicyclic amines) is 1. The molecule has 118 valence electrons. The molecule has 0 saturated carbocycles. The Hall–Kier alpha value is -0.860. The van der Waals surface area contributed by atoms with Crippen LogP contribution in [0.4, 0.5) is 0 Å². The first-order valence-electron chi connectivity index (χ1n) is 8.73. The maximum absolute atomic E-state index is 3.78. The number of nitrogens with zero attached hydrogens (tertiary/aromatic N) is 1. The molecule has 1 fully saturated rings. The molecule has 21 heavy (non-hydrogen) atoms. The predicted molar refractivity (Wildman–Crippen MR) is 91.7 cm³/mol. The first-order chi connectivity index (χ1) is 10.2. The Morgan fingerprint density at radius 3 is 2.38 bits per heavy atom. The summed E-state index contributed by atoms with van der Waals surface area (Å²) in [7, 11) is 0. The molecular formula is C19H32N2. The van der Waals surface area contributed by atoms with Crippen LogP contribution in [0.2, 0.25) is 0 Å². The molecule has 0 radical (unpaired) electrons. The molecule has 1 aliphatic heterocycles. The van der Waals surface area contributed by atoms with Gasteiger partial charge in [0.1, 0.15) is 0 Å². The van der Waals surface area contributed by atoms with Gasteiger partial charge in [0.25, 0.3) is 0 Å². The van der Waals surface area contributed by atoms with Crippen LogP contribution in [0.15, 0.2) is 30.3 Å². The number of benzene rings is 1. The van der Waals surface area contributed by atoms with E-state index in [1.807, 2.05) is 0 Å². The Morgan fingerprint density at radius 2 is 1.81 bits per heavy atom. The Morgan fingerprint density at radius 1 is 1.14 bits per heavy atom. The van der Waals surface area contributed by atoms with Gasteiger partial charge in [0.05, 0.1) is 0 Å². The van der Waals surface area contributed by atoms with Crippen molar-refractivity contribution >= 4 is 0 Å². The standard InChI is InChI=1S/C19H32N2/c1-4-19(3,21-15-9-10-16-21)18(20-5-2)14-13-17-11-7-6-8-12-17/h6-8,11-12,18,20H,4-5,9-10,13-16H2,1-3H3. The van der Waals surface area contributed by atoms with Crippen molar-refractivity contribution in [2.75, 3.05) is 19.6 Å². The molecule has 1 heterocycles. The Bertz CT molecular complexity index is 397. The first kappa shape index (κ1) is 16.5. The highest BCUT2D eigenvalue weighted by atomic mass is 15.2. The molecule has 0 spiro atoms. The van der Waals surface area contributed by atoms with Gasteiger partial charge >= 0.3 is 0 Å². The van der Waals surface area contributed by atoms with Crippen LogP contribution in [-0.4, -0.2) is 36.1 Å². The van der Waals surface area contributed by atoms with Crippen molar-refractivity contribution in [3.63, 3.8) is 0 Å². The summed E-state index contributed by atoms with van der Waals surface area (Å²) < 4.78 is 0. The molecule has 0 aromatic heterocycles. The minimum Gasteiger partial charge on any atom is -0.312 e. The third-order valence-electron chi connectivity index (χ3n) is 5.31. The average molecular weight is 288 g/mol.